The lowest BCUT2D eigenvalue weighted by Crippen LogP contribution is -2.16. The van der Waals surface area contributed by atoms with Gasteiger partial charge in [0, 0.05) is 36.7 Å². The maximum Gasteiger partial charge on any atom is 0.416 e. The average molecular weight is 484 g/mol. The van der Waals surface area contributed by atoms with Crippen molar-refractivity contribution in [2.45, 2.75) is 26.6 Å². The van der Waals surface area contributed by atoms with Crippen molar-refractivity contribution in [2.24, 2.45) is 7.05 Å². The Morgan fingerprint density at radius 1 is 1.11 bits per heavy atom. The molecule has 0 aliphatic heterocycles. The highest BCUT2D eigenvalue weighted by molar-refractivity contribution is 6.04. The number of halogens is 3. The summed E-state index contributed by atoms with van der Waals surface area (Å²) in [6.45, 7) is 3.88. The standard InChI is InChI=1S/C23H23F3N8O/c1-13-21(34-12-20(31-32-34)19-11-29-33(4)14(19)2)7-16(10-28-13)22(35)30-18-6-15(9-27-3)5-17(8-18)23(24,25)26/h5-8,10-12,27H,9H2,1-4H3,(H,30,35). The van der Waals surface area contributed by atoms with Crippen LogP contribution in [-0.4, -0.2) is 42.7 Å². The van der Waals surface area contributed by atoms with E-state index >= 15 is 0 Å². The van der Waals surface area contributed by atoms with E-state index < -0.39 is 17.6 Å². The largest absolute Gasteiger partial charge is 0.416 e. The molecule has 1 aromatic carbocycles. The molecule has 9 nitrogen and oxygen atoms in total. The number of nitrogens with one attached hydrogen (secondary N) is 2. The number of amides is 1. The number of alkyl halides is 3. The predicted octanol–water partition coefficient (Wildman–Crippen LogP) is 3.67. The normalized spacial score (nSPS) is 11.6. The van der Waals surface area contributed by atoms with Crippen molar-refractivity contribution >= 4 is 11.6 Å². The number of carbonyl (C=O) groups excluding carboxylic acids is 1. The van der Waals surface area contributed by atoms with Crippen LogP contribution in [0.4, 0.5) is 18.9 Å². The van der Waals surface area contributed by atoms with Crippen LogP contribution in [0, 0.1) is 13.8 Å². The maximum atomic E-state index is 13.3. The molecule has 0 fully saturated rings. The zero-order valence-electron chi connectivity index (χ0n) is 19.5. The number of hydrogen-bond acceptors (Lipinski definition) is 6. The Morgan fingerprint density at radius 2 is 1.89 bits per heavy atom. The monoisotopic (exact) mass is 484 g/mol. The van der Waals surface area contributed by atoms with Crippen molar-refractivity contribution in [3.05, 3.63) is 70.9 Å². The molecule has 3 heterocycles. The summed E-state index contributed by atoms with van der Waals surface area (Å²) in [4.78, 5) is 17.2. The Hall–Kier alpha value is -4.06. The van der Waals surface area contributed by atoms with E-state index in [1.165, 1.54) is 16.9 Å². The van der Waals surface area contributed by atoms with Gasteiger partial charge in [0.1, 0.15) is 5.69 Å². The van der Waals surface area contributed by atoms with Crippen molar-refractivity contribution in [1.82, 2.24) is 35.1 Å². The summed E-state index contributed by atoms with van der Waals surface area (Å²) in [7, 11) is 3.45. The van der Waals surface area contributed by atoms with Gasteiger partial charge in [0.15, 0.2) is 0 Å². The summed E-state index contributed by atoms with van der Waals surface area (Å²) in [5.74, 6) is -0.600. The molecule has 1 amide bonds. The minimum Gasteiger partial charge on any atom is -0.322 e. The fraction of sp³-hybridized carbons (Fsp3) is 0.261. The van der Waals surface area contributed by atoms with E-state index in [0.29, 0.717) is 22.6 Å². The number of rotatable bonds is 6. The second-order valence-corrected chi connectivity index (χ2v) is 8.04. The minimum absolute atomic E-state index is 0.0345. The molecule has 3 aromatic heterocycles. The Balaban J connectivity index is 1.63. The molecular weight excluding hydrogens is 461 g/mol. The molecule has 0 atom stereocenters. The van der Waals surface area contributed by atoms with E-state index in [-0.39, 0.29) is 17.8 Å². The molecular formula is C23H23F3N8O. The van der Waals surface area contributed by atoms with Crippen LogP contribution in [0.1, 0.15) is 32.9 Å². The zero-order valence-corrected chi connectivity index (χ0v) is 19.5. The van der Waals surface area contributed by atoms with Gasteiger partial charge < -0.3 is 10.6 Å². The SMILES string of the molecule is CNCc1cc(NC(=O)c2cnc(C)c(-n3cc(-c4cnn(C)c4C)nn3)c2)cc(C(F)(F)F)c1. The van der Waals surface area contributed by atoms with Gasteiger partial charge >= 0.3 is 6.18 Å². The molecule has 0 bridgehead atoms. The van der Waals surface area contributed by atoms with E-state index in [2.05, 4.69) is 31.0 Å². The van der Waals surface area contributed by atoms with Gasteiger partial charge in [0.2, 0.25) is 0 Å². The van der Waals surface area contributed by atoms with Gasteiger partial charge in [-0.1, -0.05) is 5.21 Å². The average Bonchev–Trinajstić information content (AvgIpc) is 3.40. The number of benzene rings is 1. The first-order chi connectivity index (χ1) is 16.6. The quantitative estimate of drug-likeness (QED) is 0.433. The Bertz CT molecular complexity index is 1390. The maximum absolute atomic E-state index is 13.3. The summed E-state index contributed by atoms with van der Waals surface area (Å²) in [5, 5.41) is 17.9. The van der Waals surface area contributed by atoms with Crippen LogP contribution < -0.4 is 10.6 Å². The second-order valence-electron chi connectivity index (χ2n) is 8.04. The molecule has 0 spiro atoms. The summed E-state index contributed by atoms with van der Waals surface area (Å²) >= 11 is 0. The van der Waals surface area contributed by atoms with E-state index in [1.54, 1.807) is 37.1 Å². The number of nitrogens with zero attached hydrogens (tertiary/aromatic N) is 6. The van der Waals surface area contributed by atoms with Gasteiger partial charge in [-0.3, -0.25) is 14.5 Å². The van der Waals surface area contributed by atoms with Crippen molar-refractivity contribution < 1.29 is 18.0 Å². The molecule has 4 aromatic rings. The van der Waals surface area contributed by atoms with Crippen molar-refractivity contribution in [2.75, 3.05) is 12.4 Å². The van der Waals surface area contributed by atoms with Crippen LogP contribution in [0.25, 0.3) is 16.9 Å². The van der Waals surface area contributed by atoms with Crippen LogP contribution >= 0.6 is 0 Å². The molecule has 0 saturated heterocycles. The molecule has 0 radical (unpaired) electrons. The third-order valence-corrected chi connectivity index (χ3v) is 5.53. The smallest absolute Gasteiger partial charge is 0.322 e. The molecule has 12 heteroatoms. The highest BCUT2D eigenvalue weighted by Gasteiger charge is 2.31. The fourth-order valence-electron chi connectivity index (χ4n) is 3.57. The van der Waals surface area contributed by atoms with Crippen molar-refractivity contribution in [1.29, 1.82) is 0 Å². The van der Waals surface area contributed by atoms with E-state index in [4.69, 9.17) is 0 Å². The predicted molar refractivity (Wildman–Crippen MR) is 123 cm³/mol. The van der Waals surface area contributed by atoms with Gasteiger partial charge in [0.25, 0.3) is 5.91 Å². The van der Waals surface area contributed by atoms with E-state index in [1.807, 2.05) is 14.0 Å². The molecule has 0 aliphatic rings. The van der Waals surface area contributed by atoms with Gasteiger partial charge in [-0.2, -0.15) is 18.3 Å². The summed E-state index contributed by atoms with van der Waals surface area (Å²) in [6, 6.07) is 5.00. The van der Waals surface area contributed by atoms with Crippen LogP contribution in [0.2, 0.25) is 0 Å². The highest BCUT2D eigenvalue weighted by Crippen LogP contribution is 2.32. The third kappa shape index (κ3) is 5.06. The first kappa shape index (κ1) is 24.1. The fourth-order valence-corrected chi connectivity index (χ4v) is 3.57. The third-order valence-electron chi connectivity index (χ3n) is 5.53. The Morgan fingerprint density at radius 3 is 2.54 bits per heavy atom. The first-order valence-corrected chi connectivity index (χ1v) is 10.6. The van der Waals surface area contributed by atoms with Gasteiger partial charge in [-0.25, -0.2) is 4.68 Å². The number of carbonyl (C=O) groups is 1. The van der Waals surface area contributed by atoms with Crippen molar-refractivity contribution in [3.63, 3.8) is 0 Å². The topological polar surface area (TPSA) is 103 Å². The Kier molecular flexibility index (Phi) is 6.39. The van der Waals surface area contributed by atoms with Crippen LogP contribution in [0.15, 0.2) is 42.9 Å². The summed E-state index contributed by atoms with van der Waals surface area (Å²) in [5.41, 5.74) is 3.18. The molecule has 4 rings (SSSR count). The number of pyridine rings is 1. The lowest BCUT2D eigenvalue weighted by molar-refractivity contribution is -0.137. The Labute approximate surface area is 199 Å². The second kappa shape index (κ2) is 9.29. The molecule has 0 saturated carbocycles. The minimum atomic E-state index is -4.54. The highest BCUT2D eigenvalue weighted by atomic mass is 19.4. The van der Waals surface area contributed by atoms with Gasteiger partial charge in [-0.15, -0.1) is 5.10 Å². The van der Waals surface area contributed by atoms with Crippen LogP contribution in [0.5, 0.6) is 0 Å². The zero-order chi connectivity index (χ0) is 25.3. The molecule has 2 N–H and O–H groups in total. The van der Waals surface area contributed by atoms with Gasteiger partial charge in [0.05, 0.1) is 34.9 Å². The van der Waals surface area contributed by atoms with E-state index in [9.17, 15) is 18.0 Å². The van der Waals surface area contributed by atoms with E-state index in [0.717, 1.165) is 23.4 Å². The van der Waals surface area contributed by atoms with Crippen LogP contribution in [0.3, 0.4) is 0 Å². The number of anilines is 1. The van der Waals surface area contributed by atoms with Gasteiger partial charge in [-0.05, 0) is 50.7 Å². The lowest BCUT2D eigenvalue weighted by atomic mass is 10.1. The number of hydrogen-bond donors (Lipinski definition) is 2. The number of aryl methyl sites for hydroxylation is 2. The molecule has 182 valence electrons. The summed E-state index contributed by atoms with van der Waals surface area (Å²) in [6.07, 6.45) is 0.210. The molecule has 35 heavy (non-hydrogen) atoms. The number of aromatic nitrogens is 6. The van der Waals surface area contributed by atoms with Crippen molar-refractivity contribution in [3.8, 4) is 16.9 Å². The van der Waals surface area contributed by atoms with Crippen LogP contribution in [-0.2, 0) is 19.8 Å². The summed E-state index contributed by atoms with van der Waals surface area (Å²) < 4.78 is 43.2. The first-order valence-electron chi connectivity index (χ1n) is 10.6. The molecule has 0 aliphatic carbocycles. The lowest BCUT2D eigenvalue weighted by Gasteiger charge is -2.13. The molecule has 0 unspecified atom stereocenters.